The van der Waals surface area contributed by atoms with E-state index in [1.54, 1.807) is 18.3 Å². The maximum absolute atomic E-state index is 13.2. The third kappa shape index (κ3) is 2.97. The summed E-state index contributed by atoms with van der Waals surface area (Å²) < 4.78 is 17.2. The van der Waals surface area contributed by atoms with Crippen LogP contribution in [0.2, 0.25) is 0 Å². The van der Waals surface area contributed by atoms with E-state index in [0.717, 1.165) is 42.5 Å². The fourth-order valence-corrected chi connectivity index (χ4v) is 3.88. The first-order chi connectivity index (χ1) is 13.7. The first-order valence-corrected chi connectivity index (χ1v) is 9.43. The van der Waals surface area contributed by atoms with Gasteiger partial charge < -0.3 is 19.8 Å². The van der Waals surface area contributed by atoms with Crippen molar-refractivity contribution >= 4 is 11.7 Å². The van der Waals surface area contributed by atoms with Gasteiger partial charge in [0.15, 0.2) is 5.82 Å². The molecule has 3 aromatic rings. The van der Waals surface area contributed by atoms with Crippen molar-refractivity contribution in [3.63, 3.8) is 0 Å². The van der Waals surface area contributed by atoms with Gasteiger partial charge >= 0.3 is 0 Å². The average Bonchev–Trinajstić information content (AvgIpc) is 3.33. The molecule has 4 heterocycles. The number of carbonyl (C=O) groups is 1. The Morgan fingerprint density at radius 1 is 1.18 bits per heavy atom. The number of anilines is 1. The monoisotopic (exact) mass is 381 g/mol. The Kier molecular flexibility index (Phi) is 4.16. The molecular formula is C19H20FN7O. The maximum Gasteiger partial charge on any atom is 0.230 e. The van der Waals surface area contributed by atoms with Crippen molar-refractivity contribution in [2.45, 2.75) is 32.5 Å². The molecule has 28 heavy (non-hydrogen) atoms. The number of carbonyl (C=O) groups excluding carboxylic acids is 1. The number of benzene rings is 1. The highest BCUT2D eigenvalue weighted by Crippen LogP contribution is 2.27. The van der Waals surface area contributed by atoms with Gasteiger partial charge in [0, 0.05) is 31.6 Å². The van der Waals surface area contributed by atoms with Crippen molar-refractivity contribution < 1.29 is 9.18 Å². The van der Waals surface area contributed by atoms with Gasteiger partial charge in [-0.25, -0.2) is 9.37 Å². The number of aryl methyl sites for hydroxylation is 1. The van der Waals surface area contributed by atoms with Gasteiger partial charge in [0.1, 0.15) is 23.3 Å². The summed E-state index contributed by atoms with van der Waals surface area (Å²) in [5, 5.41) is 14.8. The van der Waals surface area contributed by atoms with Crippen molar-refractivity contribution in [2.24, 2.45) is 5.92 Å². The van der Waals surface area contributed by atoms with Crippen molar-refractivity contribution in [1.82, 2.24) is 29.6 Å². The summed E-state index contributed by atoms with van der Waals surface area (Å²) in [5.41, 5.74) is 0.790. The van der Waals surface area contributed by atoms with Gasteiger partial charge in [-0.2, -0.15) is 0 Å². The van der Waals surface area contributed by atoms with Crippen molar-refractivity contribution in [3.8, 4) is 11.4 Å². The topological polar surface area (TPSA) is 89.7 Å². The summed E-state index contributed by atoms with van der Waals surface area (Å²) in [4.78, 5) is 17.3. The lowest BCUT2D eigenvalue weighted by atomic mass is 9.98. The second kappa shape index (κ2) is 6.83. The Morgan fingerprint density at radius 3 is 2.89 bits per heavy atom. The summed E-state index contributed by atoms with van der Waals surface area (Å²) in [6.07, 6.45) is 3.12. The van der Waals surface area contributed by atoms with E-state index >= 15 is 0 Å². The Hall–Kier alpha value is -3.07. The SMILES string of the molecule is O=C(Nc1cnc2n1CCNC2)C1CCc2nnc(-c3ccc(F)cc3)n2C1. The first kappa shape index (κ1) is 17.1. The summed E-state index contributed by atoms with van der Waals surface area (Å²) in [6.45, 7) is 2.87. The van der Waals surface area contributed by atoms with Gasteiger partial charge in [-0.05, 0) is 30.7 Å². The molecule has 0 bridgehead atoms. The maximum atomic E-state index is 13.2. The predicted molar refractivity (Wildman–Crippen MR) is 99.8 cm³/mol. The molecule has 1 amide bonds. The molecule has 0 radical (unpaired) electrons. The van der Waals surface area contributed by atoms with Gasteiger partial charge in [-0.1, -0.05) is 0 Å². The zero-order chi connectivity index (χ0) is 19.1. The average molecular weight is 381 g/mol. The lowest BCUT2D eigenvalue weighted by Crippen LogP contribution is -2.33. The van der Waals surface area contributed by atoms with Crippen LogP contribution < -0.4 is 10.6 Å². The van der Waals surface area contributed by atoms with Crippen molar-refractivity contribution in [2.75, 3.05) is 11.9 Å². The summed E-state index contributed by atoms with van der Waals surface area (Å²) in [5.74, 6) is 2.70. The number of amides is 1. The number of fused-ring (bicyclic) bond motifs is 2. The zero-order valence-corrected chi connectivity index (χ0v) is 15.2. The minimum absolute atomic E-state index is 0.0226. The molecule has 5 rings (SSSR count). The van der Waals surface area contributed by atoms with Crippen LogP contribution in [0.25, 0.3) is 11.4 Å². The Bertz CT molecular complexity index is 1020. The number of halogens is 1. The predicted octanol–water partition coefficient (Wildman–Crippen LogP) is 1.58. The van der Waals surface area contributed by atoms with Gasteiger partial charge in [-0.3, -0.25) is 4.79 Å². The molecular weight excluding hydrogens is 361 g/mol. The van der Waals surface area contributed by atoms with Crippen LogP contribution in [-0.2, 0) is 30.8 Å². The lowest BCUT2D eigenvalue weighted by Gasteiger charge is -2.24. The number of hydrogen-bond acceptors (Lipinski definition) is 5. The fraction of sp³-hybridized carbons (Fsp3) is 0.368. The quantitative estimate of drug-likeness (QED) is 0.719. The Morgan fingerprint density at radius 2 is 2.04 bits per heavy atom. The van der Waals surface area contributed by atoms with E-state index in [0.29, 0.717) is 25.3 Å². The van der Waals surface area contributed by atoms with Gasteiger partial charge in [0.05, 0.1) is 18.7 Å². The van der Waals surface area contributed by atoms with E-state index in [-0.39, 0.29) is 17.6 Å². The number of aromatic nitrogens is 5. The molecule has 2 N–H and O–H groups in total. The van der Waals surface area contributed by atoms with Crippen LogP contribution in [0.1, 0.15) is 18.1 Å². The highest BCUT2D eigenvalue weighted by atomic mass is 19.1. The van der Waals surface area contributed by atoms with E-state index in [4.69, 9.17) is 0 Å². The number of imidazole rings is 1. The van der Waals surface area contributed by atoms with Gasteiger partial charge in [0.2, 0.25) is 5.91 Å². The second-order valence-corrected chi connectivity index (χ2v) is 7.17. The molecule has 2 aromatic heterocycles. The van der Waals surface area contributed by atoms with Crippen LogP contribution in [0.4, 0.5) is 10.2 Å². The molecule has 8 nitrogen and oxygen atoms in total. The lowest BCUT2D eigenvalue weighted by molar-refractivity contribution is -0.120. The van der Waals surface area contributed by atoms with Crippen LogP contribution in [-0.4, -0.2) is 36.8 Å². The molecule has 2 aliphatic heterocycles. The summed E-state index contributed by atoms with van der Waals surface area (Å²) >= 11 is 0. The number of rotatable bonds is 3. The molecule has 1 unspecified atom stereocenters. The van der Waals surface area contributed by atoms with Crippen molar-refractivity contribution in [1.29, 1.82) is 0 Å². The molecule has 0 saturated heterocycles. The van der Waals surface area contributed by atoms with Crippen LogP contribution in [0.5, 0.6) is 0 Å². The molecule has 9 heteroatoms. The Labute approximate surface area is 160 Å². The first-order valence-electron chi connectivity index (χ1n) is 9.43. The number of nitrogens with one attached hydrogen (secondary N) is 2. The summed E-state index contributed by atoms with van der Waals surface area (Å²) in [7, 11) is 0. The zero-order valence-electron chi connectivity index (χ0n) is 15.2. The van der Waals surface area contributed by atoms with Crippen LogP contribution in [0.15, 0.2) is 30.5 Å². The fourth-order valence-electron chi connectivity index (χ4n) is 3.88. The number of hydrogen-bond donors (Lipinski definition) is 2. The van der Waals surface area contributed by atoms with E-state index in [9.17, 15) is 9.18 Å². The molecule has 1 aromatic carbocycles. The van der Waals surface area contributed by atoms with E-state index in [1.165, 1.54) is 12.1 Å². The van der Waals surface area contributed by atoms with Crippen LogP contribution in [0, 0.1) is 11.7 Å². The van der Waals surface area contributed by atoms with E-state index in [1.807, 2.05) is 9.13 Å². The third-order valence-electron chi connectivity index (χ3n) is 5.40. The standard InChI is InChI=1S/C19H20FN7O/c20-14-4-1-12(2-5-14)18-25-24-15-6-3-13(11-27(15)18)19(28)23-17-10-22-16-9-21-7-8-26(16)17/h1-2,4-5,10,13,21H,3,6-9,11H2,(H,23,28). The third-order valence-corrected chi connectivity index (χ3v) is 5.40. The minimum atomic E-state index is -0.293. The summed E-state index contributed by atoms with van der Waals surface area (Å²) in [6, 6.07) is 6.18. The number of nitrogens with zero attached hydrogens (tertiary/aromatic N) is 5. The van der Waals surface area contributed by atoms with Gasteiger partial charge in [0.25, 0.3) is 0 Å². The van der Waals surface area contributed by atoms with Gasteiger partial charge in [-0.15, -0.1) is 10.2 Å². The molecule has 2 aliphatic rings. The van der Waals surface area contributed by atoms with Crippen LogP contribution in [0.3, 0.4) is 0 Å². The van der Waals surface area contributed by atoms with E-state index in [2.05, 4.69) is 25.8 Å². The molecule has 0 saturated carbocycles. The largest absolute Gasteiger partial charge is 0.312 e. The smallest absolute Gasteiger partial charge is 0.230 e. The Balaban J connectivity index is 1.35. The molecule has 144 valence electrons. The highest BCUT2D eigenvalue weighted by Gasteiger charge is 2.29. The molecule has 1 atom stereocenters. The van der Waals surface area contributed by atoms with E-state index < -0.39 is 0 Å². The highest BCUT2D eigenvalue weighted by molar-refractivity contribution is 5.91. The second-order valence-electron chi connectivity index (χ2n) is 7.17. The van der Waals surface area contributed by atoms with Crippen LogP contribution >= 0.6 is 0 Å². The molecule has 0 fully saturated rings. The normalized spacial score (nSPS) is 18.4. The minimum Gasteiger partial charge on any atom is -0.312 e. The molecule has 0 aliphatic carbocycles. The van der Waals surface area contributed by atoms with Crippen molar-refractivity contribution in [3.05, 3.63) is 47.9 Å². The molecule has 0 spiro atoms.